The molecule has 2 unspecified atom stereocenters. The van der Waals surface area contributed by atoms with Crippen LogP contribution in [-0.4, -0.2) is 40.2 Å². The Hall–Kier alpha value is -0.923. The van der Waals surface area contributed by atoms with Crippen LogP contribution < -0.4 is 10.4 Å². The van der Waals surface area contributed by atoms with E-state index in [0.717, 1.165) is 22.1 Å². The minimum absolute atomic E-state index is 0.287. The number of benzene rings is 2. The zero-order valence-corrected chi connectivity index (χ0v) is 19.4. The van der Waals surface area contributed by atoms with Crippen LogP contribution in [0.5, 0.6) is 0 Å². The van der Waals surface area contributed by atoms with E-state index in [1.807, 2.05) is 60.7 Å². The molecule has 154 valence electrons. The maximum absolute atomic E-state index is 11.2. The van der Waals surface area contributed by atoms with Crippen molar-refractivity contribution in [1.82, 2.24) is 0 Å². The molecule has 5 nitrogen and oxygen atoms in total. The van der Waals surface area contributed by atoms with E-state index >= 15 is 0 Å². The summed E-state index contributed by atoms with van der Waals surface area (Å²) in [7, 11) is -7.06. The van der Waals surface area contributed by atoms with Crippen molar-refractivity contribution in [2.45, 2.75) is 44.3 Å². The summed E-state index contributed by atoms with van der Waals surface area (Å²) in [5.74, 6) is 0. The number of hydrogen-bond acceptors (Lipinski definition) is 4. The lowest BCUT2D eigenvalue weighted by atomic mass is 10.2. The maximum Gasteiger partial charge on any atom is 0.335 e. The second kappa shape index (κ2) is 9.26. The Morgan fingerprint density at radius 1 is 1.00 bits per heavy atom. The molecule has 0 amide bonds. The minimum atomic E-state index is -4.15. The molecule has 0 spiro atoms. The van der Waals surface area contributed by atoms with Gasteiger partial charge in [0.1, 0.15) is 0 Å². The van der Waals surface area contributed by atoms with Crippen LogP contribution in [0.2, 0.25) is 5.04 Å². The fourth-order valence-electron chi connectivity index (χ4n) is 3.27. The fourth-order valence-corrected chi connectivity index (χ4v) is 9.88. The Labute approximate surface area is 172 Å². The van der Waals surface area contributed by atoms with Gasteiger partial charge in [0.15, 0.2) is 6.29 Å². The molecule has 2 rings (SSSR count). The third-order valence-corrected chi connectivity index (χ3v) is 12.3. The number of thioether (sulfide) groups is 1. The van der Waals surface area contributed by atoms with Crippen LogP contribution in [0.4, 0.5) is 0 Å². The molecule has 0 aliphatic carbocycles. The Morgan fingerprint density at radius 2 is 1.43 bits per heavy atom. The van der Waals surface area contributed by atoms with Crippen LogP contribution in [0.15, 0.2) is 60.7 Å². The highest BCUT2D eigenvalue weighted by atomic mass is 32.2. The Balaban J connectivity index is 2.48. The molecule has 2 aromatic carbocycles. The van der Waals surface area contributed by atoms with Crippen molar-refractivity contribution in [3.8, 4) is 0 Å². The van der Waals surface area contributed by atoms with Gasteiger partial charge >= 0.3 is 7.60 Å². The van der Waals surface area contributed by atoms with Gasteiger partial charge in [-0.05, 0) is 22.3 Å². The second-order valence-corrected chi connectivity index (χ2v) is 15.5. The summed E-state index contributed by atoms with van der Waals surface area (Å²) in [4.78, 5) is 18.3. The highest BCUT2D eigenvalue weighted by Gasteiger charge is 2.51. The third kappa shape index (κ3) is 5.57. The monoisotopic (exact) mass is 440 g/mol. The van der Waals surface area contributed by atoms with Crippen molar-refractivity contribution < 1.29 is 23.9 Å². The predicted octanol–water partition coefficient (Wildman–Crippen LogP) is 3.14. The SMILES string of the molecule is CC(SCP(=O)(O)O)C(O)O[Si](c1ccccc1)(c1ccccc1)C(C)(C)C. The molecular weight excluding hydrogens is 411 g/mol. The van der Waals surface area contributed by atoms with Crippen LogP contribution in [0.3, 0.4) is 0 Å². The van der Waals surface area contributed by atoms with Gasteiger partial charge in [-0.3, -0.25) is 4.57 Å². The molecule has 0 saturated carbocycles. The van der Waals surface area contributed by atoms with E-state index in [1.165, 1.54) is 0 Å². The lowest BCUT2D eigenvalue weighted by molar-refractivity contribution is -0.0224. The van der Waals surface area contributed by atoms with E-state index in [0.29, 0.717) is 0 Å². The first kappa shape index (κ1) is 23.4. The molecule has 2 aromatic rings. The lowest BCUT2D eigenvalue weighted by Crippen LogP contribution is -2.68. The molecule has 0 bridgehead atoms. The van der Waals surface area contributed by atoms with E-state index in [9.17, 15) is 9.67 Å². The quantitative estimate of drug-likeness (QED) is 0.332. The van der Waals surface area contributed by atoms with E-state index < -0.39 is 27.5 Å². The molecule has 0 fully saturated rings. The second-order valence-electron chi connectivity index (χ2n) is 7.84. The van der Waals surface area contributed by atoms with Gasteiger partial charge in [0.05, 0.1) is 10.7 Å². The Morgan fingerprint density at radius 3 is 1.79 bits per heavy atom. The molecule has 0 aliphatic heterocycles. The smallest absolute Gasteiger partial charge is 0.335 e. The summed E-state index contributed by atoms with van der Waals surface area (Å²) in [6.45, 7) is 8.06. The van der Waals surface area contributed by atoms with Crippen molar-refractivity contribution >= 4 is 38.0 Å². The predicted molar refractivity (Wildman–Crippen MR) is 119 cm³/mol. The standard InChI is InChI=1S/C20H29O5PSSi/c1-16(27-15-26(22,23)24)19(21)25-28(20(2,3)4,17-11-7-5-8-12-17)18-13-9-6-10-14-18/h5-14,16,19,21H,15H2,1-4H3,(H2,22,23,24). The van der Waals surface area contributed by atoms with Gasteiger partial charge in [-0.25, -0.2) is 0 Å². The zero-order valence-electron chi connectivity index (χ0n) is 16.6. The van der Waals surface area contributed by atoms with Crippen molar-refractivity contribution in [3.63, 3.8) is 0 Å². The van der Waals surface area contributed by atoms with Crippen molar-refractivity contribution in [1.29, 1.82) is 0 Å². The Bertz CT molecular complexity index is 752. The Kier molecular flexibility index (Phi) is 7.73. The first-order chi connectivity index (χ1) is 13.0. The summed E-state index contributed by atoms with van der Waals surface area (Å²) < 4.78 is 17.7. The van der Waals surface area contributed by atoms with E-state index in [4.69, 9.17) is 14.2 Å². The average Bonchev–Trinajstić information content (AvgIpc) is 2.63. The molecule has 0 heterocycles. The number of rotatable bonds is 8. The summed E-state index contributed by atoms with van der Waals surface area (Å²) in [5, 5.41) is 12.2. The van der Waals surface area contributed by atoms with Crippen LogP contribution in [0, 0.1) is 0 Å². The van der Waals surface area contributed by atoms with E-state index in [2.05, 4.69) is 20.8 Å². The van der Waals surface area contributed by atoms with Crippen molar-refractivity contribution in [3.05, 3.63) is 60.7 Å². The van der Waals surface area contributed by atoms with Gasteiger partial charge in [0.25, 0.3) is 8.32 Å². The van der Waals surface area contributed by atoms with Crippen LogP contribution in [0.1, 0.15) is 27.7 Å². The molecule has 0 aliphatic rings. The van der Waals surface area contributed by atoms with Crippen LogP contribution in [-0.2, 0) is 8.99 Å². The number of hydrogen-bond donors (Lipinski definition) is 3. The molecular formula is C20H29O5PSSi. The van der Waals surface area contributed by atoms with Crippen molar-refractivity contribution in [2.24, 2.45) is 0 Å². The zero-order chi connectivity index (χ0) is 21.0. The minimum Gasteiger partial charge on any atom is -0.382 e. The third-order valence-electron chi connectivity index (χ3n) is 4.62. The van der Waals surface area contributed by atoms with Crippen LogP contribution in [0.25, 0.3) is 0 Å². The average molecular weight is 441 g/mol. The summed E-state index contributed by atoms with van der Waals surface area (Å²) in [5.41, 5.74) is -0.352. The van der Waals surface area contributed by atoms with E-state index in [1.54, 1.807) is 6.92 Å². The van der Waals surface area contributed by atoms with E-state index in [-0.39, 0.29) is 10.5 Å². The van der Waals surface area contributed by atoms with Crippen molar-refractivity contribution in [2.75, 3.05) is 5.49 Å². The largest absolute Gasteiger partial charge is 0.382 e. The molecule has 0 aromatic heterocycles. The first-order valence-corrected chi connectivity index (χ1v) is 13.9. The molecule has 0 saturated heterocycles. The number of aliphatic hydroxyl groups excluding tert-OH is 1. The molecule has 3 N–H and O–H groups in total. The summed E-state index contributed by atoms with van der Waals surface area (Å²) in [6.07, 6.45) is -1.16. The fraction of sp³-hybridized carbons (Fsp3) is 0.400. The number of aliphatic hydroxyl groups is 1. The summed E-state index contributed by atoms with van der Waals surface area (Å²) >= 11 is 1.02. The first-order valence-electron chi connectivity index (χ1n) is 9.10. The highest BCUT2D eigenvalue weighted by molar-refractivity contribution is 8.04. The highest BCUT2D eigenvalue weighted by Crippen LogP contribution is 2.42. The van der Waals surface area contributed by atoms with Gasteiger partial charge in [-0.1, -0.05) is 81.4 Å². The molecule has 8 heteroatoms. The van der Waals surface area contributed by atoms with Gasteiger partial charge in [-0.15, -0.1) is 11.8 Å². The van der Waals surface area contributed by atoms with Crippen LogP contribution >= 0.6 is 19.4 Å². The topological polar surface area (TPSA) is 87.0 Å². The normalized spacial score (nSPS) is 15.2. The molecule has 0 radical (unpaired) electrons. The van der Waals surface area contributed by atoms with Gasteiger partial charge in [0, 0.05) is 0 Å². The van der Waals surface area contributed by atoms with Gasteiger partial charge < -0.3 is 19.3 Å². The van der Waals surface area contributed by atoms with Gasteiger partial charge in [0.2, 0.25) is 0 Å². The van der Waals surface area contributed by atoms with Gasteiger partial charge in [-0.2, -0.15) is 0 Å². The lowest BCUT2D eigenvalue weighted by Gasteiger charge is -2.44. The molecule has 2 atom stereocenters. The maximum atomic E-state index is 11.2. The summed E-state index contributed by atoms with van der Waals surface area (Å²) in [6, 6.07) is 19.9. The molecule has 28 heavy (non-hydrogen) atoms.